The van der Waals surface area contributed by atoms with E-state index in [0.29, 0.717) is 19.4 Å². The molecule has 3 saturated heterocycles. The molecule has 9 heteroatoms. The zero-order chi connectivity index (χ0) is 20.8. The van der Waals surface area contributed by atoms with Crippen LogP contribution in [0.15, 0.2) is 12.7 Å². The highest BCUT2D eigenvalue weighted by atomic mass is 79.9. The van der Waals surface area contributed by atoms with Crippen molar-refractivity contribution in [3.05, 3.63) is 12.7 Å². The number of likely N-dealkylation sites (tertiary alicyclic amines) is 1. The molecule has 0 aliphatic carbocycles. The quantitative estimate of drug-likeness (QED) is 0.407. The van der Waals surface area contributed by atoms with E-state index in [1.807, 2.05) is 13.8 Å². The maximum absolute atomic E-state index is 13.6. The number of fused-ring (bicyclic) bond motifs is 1. The van der Waals surface area contributed by atoms with Gasteiger partial charge < -0.3 is 24.7 Å². The van der Waals surface area contributed by atoms with Crippen molar-refractivity contribution in [3.8, 4) is 0 Å². The number of carbonyl (C=O) groups is 3. The second kappa shape index (κ2) is 7.76. The average molecular weight is 459 g/mol. The third kappa shape index (κ3) is 2.98. The van der Waals surface area contributed by atoms with Gasteiger partial charge in [-0.25, -0.2) is 0 Å². The Morgan fingerprint density at radius 2 is 2.18 bits per heavy atom. The Morgan fingerprint density at radius 3 is 2.71 bits per heavy atom. The number of hydrogen-bond acceptors (Lipinski definition) is 5. The zero-order valence-corrected chi connectivity index (χ0v) is 17.7. The molecule has 0 radical (unpaired) electrons. The van der Waals surface area contributed by atoms with E-state index in [-0.39, 0.29) is 35.8 Å². The van der Waals surface area contributed by atoms with Crippen LogP contribution in [0.1, 0.15) is 26.7 Å². The smallest absolute Gasteiger partial charge is 0.310 e. The minimum absolute atomic E-state index is 0.121. The normalized spacial score (nSPS) is 36.1. The number of aliphatic carboxylic acids is 1. The van der Waals surface area contributed by atoms with Crippen LogP contribution in [0.5, 0.6) is 0 Å². The van der Waals surface area contributed by atoms with Crippen molar-refractivity contribution < 1.29 is 29.3 Å². The summed E-state index contributed by atoms with van der Waals surface area (Å²) in [6.45, 7) is 7.84. The highest BCUT2D eigenvalue weighted by Crippen LogP contribution is 2.60. The van der Waals surface area contributed by atoms with E-state index >= 15 is 0 Å². The number of carboxylic acid groups (broad SMARTS) is 1. The molecule has 1 spiro atoms. The lowest BCUT2D eigenvalue weighted by molar-refractivity contribution is -0.151. The first-order valence-electron chi connectivity index (χ1n) is 9.58. The summed E-state index contributed by atoms with van der Waals surface area (Å²) in [4.78, 5) is 41.6. The van der Waals surface area contributed by atoms with Gasteiger partial charge in [0.2, 0.25) is 11.8 Å². The van der Waals surface area contributed by atoms with Crippen molar-refractivity contribution >= 4 is 33.7 Å². The summed E-state index contributed by atoms with van der Waals surface area (Å²) in [5.41, 5.74) is -1.17. The standard InChI is InChI=1S/C19H27BrN2O6/c1-4-6-21(10(2)3)17(25)15-19-9-11(20)14(28-19)12(18(26)27)13(19)16(24)22(15)7-5-8-23/h4,10-15,23H,1,5-9H2,2-3H3,(H,26,27)/t11?,12-,13+,14-,15-,19+/m1/s1. The van der Waals surface area contributed by atoms with Crippen molar-refractivity contribution in [3.63, 3.8) is 0 Å². The van der Waals surface area contributed by atoms with Crippen LogP contribution in [0.4, 0.5) is 0 Å². The van der Waals surface area contributed by atoms with Gasteiger partial charge in [-0.2, -0.15) is 0 Å². The number of aliphatic hydroxyl groups excluding tert-OH is 1. The first-order valence-corrected chi connectivity index (χ1v) is 10.5. The molecule has 8 nitrogen and oxygen atoms in total. The van der Waals surface area contributed by atoms with Crippen molar-refractivity contribution in [2.24, 2.45) is 11.8 Å². The molecule has 2 N–H and O–H groups in total. The number of carboxylic acids is 1. The fourth-order valence-electron chi connectivity index (χ4n) is 5.02. The third-order valence-corrected chi connectivity index (χ3v) is 6.94. The van der Waals surface area contributed by atoms with Gasteiger partial charge in [0.15, 0.2) is 0 Å². The Balaban J connectivity index is 2.06. The first-order chi connectivity index (χ1) is 13.2. The van der Waals surface area contributed by atoms with Gasteiger partial charge in [0.05, 0.1) is 17.9 Å². The second-order valence-electron chi connectivity index (χ2n) is 7.98. The number of aliphatic hydroxyl groups is 1. The van der Waals surface area contributed by atoms with Crippen molar-refractivity contribution in [2.45, 2.75) is 55.3 Å². The summed E-state index contributed by atoms with van der Waals surface area (Å²) in [5.74, 6) is -3.61. The maximum atomic E-state index is 13.6. The molecule has 3 heterocycles. The molecule has 3 aliphatic heterocycles. The minimum atomic E-state index is -1.17. The molecule has 1 unspecified atom stereocenters. The Kier molecular flexibility index (Phi) is 5.89. The van der Waals surface area contributed by atoms with Gasteiger partial charge in [-0.3, -0.25) is 14.4 Å². The molecule has 2 bridgehead atoms. The molecule has 2 amide bonds. The fourth-order valence-corrected chi connectivity index (χ4v) is 5.97. The molecule has 28 heavy (non-hydrogen) atoms. The van der Waals surface area contributed by atoms with Crippen LogP contribution in [0, 0.1) is 11.8 Å². The fraction of sp³-hybridized carbons (Fsp3) is 0.737. The highest BCUT2D eigenvalue weighted by molar-refractivity contribution is 9.09. The first kappa shape index (κ1) is 21.3. The molecule has 3 fully saturated rings. The van der Waals surface area contributed by atoms with Gasteiger partial charge in [-0.05, 0) is 26.7 Å². The summed E-state index contributed by atoms with van der Waals surface area (Å²) < 4.78 is 6.17. The largest absolute Gasteiger partial charge is 0.481 e. The number of hydrogen-bond donors (Lipinski definition) is 2. The molecule has 6 atom stereocenters. The van der Waals surface area contributed by atoms with E-state index in [9.17, 15) is 24.6 Å². The van der Waals surface area contributed by atoms with Gasteiger partial charge in [0, 0.05) is 30.6 Å². The van der Waals surface area contributed by atoms with Crippen LogP contribution >= 0.6 is 15.9 Å². The number of carbonyl (C=O) groups excluding carboxylic acids is 2. The van der Waals surface area contributed by atoms with Crippen LogP contribution in [0.3, 0.4) is 0 Å². The number of nitrogens with zero attached hydrogens (tertiary/aromatic N) is 2. The Morgan fingerprint density at radius 1 is 1.50 bits per heavy atom. The number of amides is 2. The van der Waals surface area contributed by atoms with Gasteiger partial charge in [-0.1, -0.05) is 22.0 Å². The molecule has 0 aromatic heterocycles. The predicted molar refractivity (Wildman–Crippen MR) is 104 cm³/mol. The van der Waals surface area contributed by atoms with Crippen LogP contribution in [0.2, 0.25) is 0 Å². The van der Waals surface area contributed by atoms with Crippen molar-refractivity contribution in [2.75, 3.05) is 19.7 Å². The Hall–Kier alpha value is -1.45. The van der Waals surface area contributed by atoms with E-state index < -0.39 is 35.6 Å². The second-order valence-corrected chi connectivity index (χ2v) is 9.16. The Bertz CT molecular complexity index is 685. The van der Waals surface area contributed by atoms with E-state index in [4.69, 9.17) is 4.74 Å². The summed E-state index contributed by atoms with van der Waals surface area (Å²) in [6.07, 6.45) is 1.68. The minimum Gasteiger partial charge on any atom is -0.481 e. The summed E-state index contributed by atoms with van der Waals surface area (Å²) >= 11 is 3.50. The molecule has 3 rings (SSSR count). The van der Waals surface area contributed by atoms with Crippen LogP contribution < -0.4 is 0 Å². The monoisotopic (exact) mass is 458 g/mol. The van der Waals surface area contributed by atoms with Gasteiger partial charge >= 0.3 is 5.97 Å². The summed E-state index contributed by atoms with van der Waals surface area (Å²) in [5, 5.41) is 19.0. The predicted octanol–water partition coefficient (Wildman–Crippen LogP) is 0.624. The lowest BCUT2D eigenvalue weighted by atomic mass is 9.70. The molecule has 0 aromatic rings. The lowest BCUT2D eigenvalue weighted by Gasteiger charge is -2.38. The summed E-state index contributed by atoms with van der Waals surface area (Å²) in [6, 6.07) is -1.03. The van der Waals surface area contributed by atoms with Gasteiger partial charge in [-0.15, -0.1) is 6.58 Å². The van der Waals surface area contributed by atoms with E-state index in [0.717, 1.165) is 0 Å². The highest BCUT2D eigenvalue weighted by Gasteiger charge is 2.76. The SMILES string of the molecule is C=CCN(C(=O)[C@H]1N(CCCO)C(=O)[C@@H]2[C@@H](C(=O)O)[C@@H]3O[C@@]21CC3Br)C(C)C. The molecule has 0 saturated carbocycles. The van der Waals surface area contributed by atoms with E-state index in [2.05, 4.69) is 22.5 Å². The molecule has 156 valence electrons. The van der Waals surface area contributed by atoms with Gasteiger partial charge in [0.1, 0.15) is 11.6 Å². The van der Waals surface area contributed by atoms with E-state index in [1.54, 1.807) is 11.0 Å². The van der Waals surface area contributed by atoms with Crippen LogP contribution in [-0.2, 0) is 19.1 Å². The lowest BCUT2D eigenvalue weighted by Crippen LogP contribution is -2.58. The zero-order valence-electron chi connectivity index (χ0n) is 16.1. The average Bonchev–Trinajstić information content (AvgIpc) is 3.20. The topological polar surface area (TPSA) is 107 Å². The number of alkyl halides is 1. The Labute approximate surface area is 172 Å². The molecular formula is C19H27BrN2O6. The van der Waals surface area contributed by atoms with Crippen molar-refractivity contribution in [1.29, 1.82) is 0 Å². The van der Waals surface area contributed by atoms with E-state index in [1.165, 1.54) is 4.90 Å². The van der Waals surface area contributed by atoms with Gasteiger partial charge in [0.25, 0.3) is 0 Å². The molecule has 0 aromatic carbocycles. The number of rotatable bonds is 8. The maximum Gasteiger partial charge on any atom is 0.310 e. The summed E-state index contributed by atoms with van der Waals surface area (Å²) in [7, 11) is 0. The molecule has 3 aliphatic rings. The number of halogens is 1. The number of ether oxygens (including phenoxy) is 1. The van der Waals surface area contributed by atoms with Crippen LogP contribution in [0.25, 0.3) is 0 Å². The molecular weight excluding hydrogens is 432 g/mol. The van der Waals surface area contributed by atoms with Crippen molar-refractivity contribution in [1.82, 2.24) is 9.80 Å². The third-order valence-electron chi connectivity index (χ3n) is 6.10. The van der Waals surface area contributed by atoms with Crippen LogP contribution in [-0.4, -0.2) is 86.1 Å².